The third-order valence-corrected chi connectivity index (χ3v) is 5.39. The summed E-state index contributed by atoms with van der Waals surface area (Å²) in [5.41, 5.74) is 3.04. The van der Waals surface area contributed by atoms with Gasteiger partial charge in [-0.1, -0.05) is 36.7 Å². The summed E-state index contributed by atoms with van der Waals surface area (Å²) in [6.45, 7) is 6.85. The monoisotopic (exact) mass is 358 g/mol. The number of morpholine rings is 1. The first-order chi connectivity index (χ1) is 12.3. The molecule has 0 amide bonds. The number of aromatic amines is 1. The molecule has 0 aliphatic carbocycles. The number of nitrogens with one attached hydrogen (secondary N) is 1. The van der Waals surface area contributed by atoms with Gasteiger partial charge in [0.2, 0.25) is 0 Å². The van der Waals surface area contributed by atoms with Crippen molar-refractivity contribution in [1.29, 1.82) is 0 Å². The number of rotatable bonds is 5. The molecule has 1 fully saturated rings. The zero-order chi connectivity index (χ0) is 17.2. The molecule has 1 aliphatic rings. The molecule has 6 heteroatoms. The van der Waals surface area contributed by atoms with Crippen molar-refractivity contribution in [3.05, 3.63) is 41.8 Å². The zero-order valence-electron chi connectivity index (χ0n) is 14.4. The predicted molar refractivity (Wildman–Crippen MR) is 101 cm³/mol. The van der Waals surface area contributed by atoms with Gasteiger partial charge in [-0.15, -0.1) is 0 Å². The van der Waals surface area contributed by atoms with Gasteiger partial charge in [0.15, 0.2) is 0 Å². The largest absolute Gasteiger partial charge is 0.379 e. The molecule has 3 aromatic rings. The summed E-state index contributed by atoms with van der Waals surface area (Å²) < 4.78 is 7.72. The second-order valence-electron chi connectivity index (χ2n) is 6.52. The third kappa shape index (κ3) is 3.19. The molecule has 1 atom stereocenters. The van der Waals surface area contributed by atoms with E-state index < -0.39 is 0 Å². The molecule has 5 nitrogen and oxygen atoms in total. The molecule has 1 saturated heterocycles. The van der Waals surface area contributed by atoms with Crippen LogP contribution >= 0.6 is 11.6 Å². The first kappa shape index (κ1) is 16.6. The first-order valence-electron chi connectivity index (χ1n) is 8.86. The van der Waals surface area contributed by atoms with Crippen molar-refractivity contribution >= 4 is 22.5 Å². The molecule has 1 N–H and O–H groups in total. The number of para-hydroxylation sites is 1. The lowest BCUT2D eigenvalue weighted by atomic mass is 10.1. The van der Waals surface area contributed by atoms with Crippen molar-refractivity contribution in [2.75, 3.05) is 32.8 Å². The van der Waals surface area contributed by atoms with Gasteiger partial charge in [0.1, 0.15) is 0 Å². The Labute approximate surface area is 152 Å². The number of hydrogen-bond donors (Lipinski definition) is 1. The maximum Gasteiger partial charge on any atom is 0.0954 e. The Balaban J connectivity index is 1.67. The summed E-state index contributed by atoms with van der Waals surface area (Å²) in [5, 5.41) is 1.81. The van der Waals surface area contributed by atoms with Gasteiger partial charge in [0, 0.05) is 36.6 Å². The maximum absolute atomic E-state index is 6.66. The highest BCUT2D eigenvalue weighted by molar-refractivity contribution is 6.38. The Morgan fingerprint density at radius 3 is 2.84 bits per heavy atom. The van der Waals surface area contributed by atoms with E-state index in [9.17, 15) is 0 Å². The molecule has 1 aliphatic heterocycles. The minimum atomic E-state index is 0.359. The highest BCUT2D eigenvalue weighted by Gasteiger charge is 2.21. The van der Waals surface area contributed by atoms with Crippen molar-refractivity contribution in [2.24, 2.45) is 0 Å². The van der Waals surface area contributed by atoms with Crippen LogP contribution in [0.3, 0.4) is 0 Å². The van der Waals surface area contributed by atoms with Crippen molar-refractivity contribution in [2.45, 2.75) is 19.4 Å². The number of nitrogens with zero attached hydrogens (tertiary/aromatic N) is 3. The normalized spacial score (nSPS) is 17.2. The van der Waals surface area contributed by atoms with E-state index in [0.717, 1.165) is 66.6 Å². The number of halogens is 1. The highest BCUT2D eigenvalue weighted by Crippen LogP contribution is 2.35. The number of aromatic nitrogens is 3. The summed E-state index contributed by atoms with van der Waals surface area (Å²) in [5.74, 6) is 0. The van der Waals surface area contributed by atoms with E-state index in [0.29, 0.717) is 6.04 Å². The van der Waals surface area contributed by atoms with Gasteiger partial charge < -0.3 is 14.3 Å². The molecule has 4 rings (SSSR count). The van der Waals surface area contributed by atoms with Crippen molar-refractivity contribution in [3.8, 4) is 11.4 Å². The Morgan fingerprint density at radius 1 is 1.28 bits per heavy atom. The van der Waals surface area contributed by atoms with E-state index >= 15 is 0 Å². The van der Waals surface area contributed by atoms with Crippen molar-refractivity contribution < 1.29 is 4.74 Å². The van der Waals surface area contributed by atoms with Gasteiger partial charge in [-0.25, -0.2) is 4.98 Å². The summed E-state index contributed by atoms with van der Waals surface area (Å²) in [6.07, 6.45) is 4.86. The molecule has 0 unspecified atom stereocenters. The van der Waals surface area contributed by atoms with E-state index in [1.54, 1.807) is 0 Å². The van der Waals surface area contributed by atoms with Crippen LogP contribution in [-0.2, 0) is 4.74 Å². The van der Waals surface area contributed by atoms with E-state index in [1.807, 2.05) is 30.7 Å². The molecule has 3 heterocycles. The van der Waals surface area contributed by atoms with Crippen molar-refractivity contribution in [3.63, 3.8) is 0 Å². The van der Waals surface area contributed by atoms with Crippen LogP contribution in [0.2, 0.25) is 5.02 Å². The van der Waals surface area contributed by atoms with Crippen LogP contribution in [0.1, 0.15) is 19.4 Å². The number of benzene rings is 1. The highest BCUT2D eigenvalue weighted by atomic mass is 35.5. The smallest absolute Gasteiger partial charge is 0.0954 e. The third-order valence-electron chi connectivity index (χ3n) is 5.00. The molecular weight excluding hydrogens is 336 g/mol. The van der Waals surface area contributed by atoms with Gasteiger partial charge in [0.25, 0.3) is 0 Å². The fraction of sp³-hybridized carbons (Fsp3) is 0.421. The van der Waals surface area contributed by atoms with Crippen molar-refractivity contribution in [1.82, 2.24) is 19.4 Å². The Hall–Kier alpha value is -1.82. The van der Waals surface area contributed by atoms with Crippen LogP contribution in [0.15, 0.2) is 36.8 Å². The topological polar surface area (TPSA) is 46.1 Å². The second-order valence-corrected chi connectivity index (χ2v) is 6.90. The Bertz CT molecular complexity index is 850. The van der Waals surface area contributed by atoms with E-state index in [1.165, 1.54) is 0 Å². The fourth-order valence-corrected chi connectivity index (χ4v) is 3.88. The maximum atomic E-state index is 6.66. The van der Waals surface area contributed by atoms with Crippen LogP contribution in [0, 0.1) is 0 Å². The molecule has 1 aromatic carbocycles. The fourth-order valence-electron chi connectivity index (χ4n) is 3.57. The lowest BCUT2D eigenvalue weighted by Crippen LogP contribution is -2.39. The SMILES string of the molecule is CC[C@H](CN1CCOCC1)n1cncc1-c1[nH]c2ccccc2c1Cl. The van der Waals surface area contributed by atoms with Crippen LogP contribution in [0.4, 0.5) is 0 Å². The van der Waals surface area contributed by atoms with Gasteiger partial charge in [-0.05, 0) is 12.5 Å². The van der Waals surface area contributed by atoms with Gasteiger partial charge in [-0.2, -0.15) is 0 Å². The average molecular weight is 359 g/mol. The van der Waals surface area contributed by atoms with Crippen LogP contribution < -0.4 is 0 Å². The van der Waals surface area contributed by atoms with E-state index in [-0.39, 0.29) is 0 Å². The molecule has 0 bridgehead atoms. The zero-order valence-corrected chi connectivity index (χ0v) is 15.2. The Morgan fingerprint density at radius 2 is 2.08 bits per heavy atom. The molecule has 25 heavy (non-hydrogen) atoms. The molecule has 132 valence electrons. The summed E-state index contributed by atoms with van der Waals surface area (Å²) in [4.78, 5) is 10.3. The molecule has 2 aromatic heterocycles. The Kier molecular flexibility index (Phi) is 4.79. The minimum absolute atomic E-state index is 0.359. The lowest BCUT2D eigenvalue weighted by Gasteiger charge is -2.31. The molecule has 0 radical (unpaired) electrons. The number of hydrogen-bond acceptors (Lipinski definition) is 3. The summed E-state index contributed by atoms with van der Waals surface area (Å²) >= 11 is 6.66. The van der Waals surface area contributed by atoms with Crippen LogP contribution in [-0.4, -0.2) is 52.3 Å². The minimum Gasteiger partial charge on any atom is -0.379 e. The molecule has 0 saturated carbocycles. The average Bonchev–Trinajstić information content (AvgIpc) is 3.25. The van der Waals surface area contributed by atoms with Gasteiger partial charge >= 0.3 is 0 Å². The van der Waals surface area contributed by atoms with Gasteiger partial charge in [-0.3, -0.25) is 4.90 Å². The first-order valence-corrected chi connectivity index (χ1v) is 9.24. The number of imidazole rings is 1. The number of ether oxygens (including phenoxy) is 1. The summed E-state index contributed by atoms with van der Waals surface area (Å²) in [7, 11) is 0. The number of H-pyrrole nitrogens is 1. The number of fused-ring (bicyclic) bond motifs is 1. The molecular formula is C19H23ClN4O. The summed E-state index contributed by atoms with van der Waals surface area (Å²) in [6, 6.07) is 8.48. The predicted octanol–water partition coefficient (Wildman–Crippen LogP) is 3.97. The van der Waals surface area contributed by atoms with E-state index in [4.69, 9.17) is 16.3 Å². The lowest BCUT2D eigenvalue weighted by molar-refractivity contribution is 0.0313. The van der Waals surface area contributed by atoms with E-state index in [2.05, 4.69) is 32.4 Å². The molecule has 0 spiro atoms. The second kappa shape index (κ2) is 7.20. The van der Waals surface area contributed by atoms with Gasteiger partial charge in [0.05, 0.1) is 42.1 Å². The quantitative estimate of drug-likeness (QED) is 0.750. The van der Waals surface area contributed by atoms with Crippen LogP contribution in [0.25, 0.3) is 22.3 Å². The van der Waals surface area contributed by atoms with Crippen LogP contribution in [0.5, 0.6) is 0 Å². The standard InChI is InChI=1S/C19H23ClN4O/c1-2-14(12-23-7-9-25-10-8-23)24-13-21-11-17(24)19-18(20)15-5-3-4-6-16(15)22-19/h3-6,11,13-14,22H,2,7-10,12H2,1H3/t14-/m1/s1.